The van der Waals surface area contributed by atoms with Crippen LogP contribution in [-0.4, -0.2) is 22.6 Å². The number of aryl methyl sites for hydroxylation is 1. The summed E-state index contributed by atoms with van der Waals surface area (Å²) in [5.74, 6) is 0.776. The van der Waals surface area contributed by atoms with Gasteiger partial charge < -0.3 is 19.5 Å². The lowest BCUT2D eigenvalue weighted by Crippen LogP contribution is -2.36. The van der Waals surface area contributed by atoms with Crippen LogP contribution in [0.2, 0.25) is 0 Å². The number of hydrogen-bond acceptors (Lipinski definition) is 3. The van der Waals surface area contributed by atoms with Crippen molar-refractivity contribution in [3.63, 3.8) is 0 Å². The number of anilines is 1. The maximum absolute atomic E-state index is 13.3. The molecule has 2 aliphatic rings. The van der Waals surface area contributed by atoms with Gasteiger partial charge in [0.15, 0.2) is 0 Å². The topological polar surface area (TPSA) is 46.5 Å². The highest BCUT2D eigenvalue weighted by Gasteiger charge is 2.32. The van der Waals surface area contributed by atoms with Gasteiger partial charge in [-0.1, -0.05) is 0 Å². The monoisotopic (exact) mass is 407 g/mol. The van der Waals surface area contributed by atoms with E-state index in [0.717, 1.165) is 30.0 Å². The van der Waals surface area contributed by atoms with Crippen molar-refractivity contribution in [1.82, 2.24) is 9.47 Å². The molecular weight excluding hydrogens is 382 g/mol. The van der Waals surface area contributed by atoms with Crippen molar-refractivity contribution in [2.24, 2.45) is 0 Å². The Bertz CT molecular complexity index is 1050. The lowest BCUT2D eigenvalue weighted by atomic mass is 9.95. The summed E-state index contributed by atoms with van der Waals surface area (Å²) >= 11 is 1.91. The van der Waals surface area contributed by atoms with E-state index < -0.39 is 0 Å². The van der Waals surface area contributed by atoms with E-state index in [-0.39, 0.29) is 12.1 Å². The van der Waals surface area contributed by atoms with Gasteiger partial charge >= 0.3 is 6.03 Å². The van der Waals surface area contributed by atoms with Gasteiger partial charge in [0, 0.05) is 28.0 Å². The Balaban J connectivity index is 1.50. The second-order valence-corrected chi connectivity index (χ2v) is 8.84. The quantitative estimate of drug-likeness (QED) is 0.607. The number of fused-ring (bicyclic) bond motifs is 5. The molecule has 1 N–H and O–H groups in total. The summed E-state index contributed by atoms with van der Waals surface area (Å²) < 4.78 is 7.51. The van der Waals surface area contributed by atoms with Crippen molar-refractivity contribution in [1.29, 1.82) is 0 Å². The number of thiophene rings is 1. The summed E-state index contributed by atoms with van der Waals surface area (Å²) in [6.45, 7) is 2.76. The Morgan fingerprint density at radius 2 is 1.93 bits per heavy atom. The summed E-state index contributed by atoms with van der Waals surface area (Å²) in [6, 6.07) is 11.6. The molecule has 0 bridgehead atoms. The minimum absolute atomic E-state index is 0.0120. The van der Waals surface area contributed by atoms with Crippen molar-refractivity contribution in [3.8, 4) is 10.8 Å². The van der Waals surface area contributed by atoms with Crippen LogP contribution in [0.3, 0.4) is 0 Å². The third kappa shape index (κ3) is 3.12. The molecule has 1 unspecified atom stereocenters. The first-order chi connectivity index (χ1) is 14.2. The first kappa shape index (κ1) is 18.3. The van der Waals surface area contributed by atoms with Crippen molar-refractivity contribution >= 4 is 23.1 Å². The van der Waals surface area contributed by atoms with Crippen molar-refractivity contribution < 1.29 is 9.53 Å². The molecule has 0 radical (unpaired) electrons. The number of ether oxygens (including phenoxy) is 1. The van der Waals surface area contributed by atoms with Gasteiger partial charge in [-0.15, -0.1) is 11.3 Å². The maximum atomic E-state index is 13.3. The van der Waals surface area contributed by atoms with E-state index in [1.54, 1.807) is 7.11 Å². The maximum Gasteiger partial charge on any atom is 0.322 e. The Labute approximate surface area is 174 Å². The summed E-state index contributed by atoms with van der Waals surface area (Å²) in [4.78, 5) is 16.8. The summed E-state index contributed by atoms with van der Waals surface area (Å²) in [6.07, 6.45) is 6.93. The van der Waals surface area contributed by atoms with Crippen LogP contribution in [0.15, 0.2) is 42.6 Å². The van der Waals surface area contributed by atoms with Crippen LogP contribution in [0.5, 0.6) is 5.75 Å². The molecule has 1 aromatic carbocycles. The molecule has 0 saturated carbocycles. The fourth-order valence-corrected chi connectivity index (χ4v) is 5.88. The minimum atomic E-state index is -0.0703. The third-order valence-electron chi connectivity index (χ3n) is 6.08. The number of carbonyl (C=O) groups is 1. The van der Waals surface area contributed by atoms with Gasteiger partial charge in [-0.05, 0) is 74.6 Å². The predicted octanol–water partition coefficient (Wildman–Crippen LogP) is 5.53. The van der Waals surface area contributed by atoms with Crippen LogP contribution < -0.4 is 10.1 Å². The smallest absolute Gasteiger partial charge is 0.322 e. The van der Waals surface area contributed by atoms with Gasteiger partial charge in [-0.25, -0.2) is 4.79 Å². The van der Waals surface area contributed by atoms with Crippen molar-refractivity contribution in [2.45, 2.75) is 45.2 Å². The van der Waals surface area contributed by atoms with Crippen molar-refractivity contribution in [3.05, 3.63) is 64.3 Å². The lowest BCUT2D eigenvalue weighted by Gasteiger charge is -2.28. The molecule has 5 rings (SSSR count). The molecule has 29 heavy (non-hydrogen) atoms. The molecular formula is C23H25N3O2S. The van der Waals surface area contributed by atoms with E-state index in [9.17, 15) is 4.79 Å². The van der Waals surface area contributed by atoms with E-state index in [1.807, 2.05) is 40.5 Å². The largest absolute Gasteiger partial charge is 0.497 e. The molecule has 1 atom stereocenters. The molecule has 1 aliphatic heterocycles. The number of urea groups is 1. The number of nitrogens with one attached hydrogen (secondary N) is 1. The average Bonchev–Trinajstić information content (AvgIpc) is 3.34. The van der Waals surface area contributed by atoms with Gasteiger partial charge in [0.2, 0.25) is 0 Å². The Hall–Kier alpha value is -2.73. The Morgan fingerprint density at radius 1 is 1.14 bits per heavy atom. The second kappa shape index (κ2) is 7.26. The fourth-order valence-electron chi connectivity index (χ4n) is 4.48. The molecule has 0 fully saturated rings. The highest BCUT2D eigenvalue weighted by molar-refractivity contribution is 7.15. The van der Waals surface area contributed by atoms with E-state index in [4.69, 9.17) is 4.74 Å². The molecule has 150 valence electrons. The summed E-state index contributed by atoms with van der Waals surface area (Å²) in [7, 11) is 1.64. The highest BCUT2D eigenvalue weighted by atomic mass is 32.1. The molecule has 2 amide bonds. The van der Waals surface area contributed by atoms with Crippen molar-refractivity contribution in [2.75, 3.05) is 12.4 Å². The third-order valence-corrected chi connectivity index (χ3v) is 7.42. The summed E-state index contributed by atoms with van der Waals surface area (Å²) in [5.41, 5.74) is 4.74. The number of amides is 2. The SMILES string of the molecule is COc1ccc(NC(=O)N2Cc3c(sc4c3CCCC4)-n3cccc3C2C)cc1. The minimum Gasteiger partial charge on any atom is -0.497 e. The van der Waals surface area contributed by atoms with Gasteiger partial charge in [0.25, 0.3) is 0 Å². The Morgan fingerprint density at radius 3 is 2.72 bits per heavy atom. The fraction of sp³-hybridized carbons (Fsp3) is 0.348. The molecule has 5 nitrogen and oxygen atoms in total. The molecule has 3 aromatic rings. The average molecular weight is 408 g/mol. The highest BCUT2D eigenvalue weighted by Crippen LogP contribution is 2.42. The summed E-state index contributed by atoms with van der Waals surface area (Å²) in [5, 5.41) is 4.37. The first-order valence-corrected chi connectivity index (χ1v) is 11.0. The first-order valence-electron chi connectivity index (χ1n) is 10.2. The molecule has 2 aromatic heterocycles. The molecule has 0 spiro atoms. The second-order valence-electron chi connectivity index (χ2n) is 7.76. The van der Waals surface area contributed by atoms with E-state index in [2.05, 4.69) is 35.1 Å². The van der Waals surface area contributed by atoms with Crippen LogP contribution >= 0.6 is 11.3 Å². The van der Waals surface area contributed by atoms with Gasteiger partial charge in [0.05, 0.1) is 19.7 Å². The zero-order valence-electron chi connectivity index (χ0n) is 16.8. The molecule has 1 aliphatic carbocycles. The number of carbonyl (C=O) groups excluding carboxylic acids is 1. The number of hydrogen-bond donors (Lipinski definition) is 1. The predicted molar refractivity (Wildman–Crippen MR) is 116 cm³/mol. The zero-order valence-corrected chi connectivity index (χ0v) is 17.6. The lowest BCUT2D eigenvalue weighted by molar-refractivity contribution is 0.189. The van der Waals surface area contributed by atoms with Gasteiger partial charge in [-0.2, -0.15) is 0 Å². The van der Waals surface area contributed by atoms with Crippen LogP contribution in [-0.2, 0) is 19.4 Å². The van der Waals surface area contributed by atoms with Crippen LogP contribution in [0, 0.1) is 0 Å². The number of rotatable bonds is 2. The number of methoxy groups -OCH3 is 1. The number of aromatic nitrogens is 1. The van der Waals surface area contributed by atoms with Gasteiger partial charge in [-0.3, -0.25) is 0 Å². The molecule has 6 heteroatoms. The molecule has 3 heterocycles. The number of nitrogens with zero attached hydrogens (tertiary/aromatic N) is 2. The van der Waals surface area contributed by atoms with Crippen LogP contribution in [0.1, 0.15) is 47.5 Å². The van der Waals surface area contributed by atoms with Crippen LogP contribution in [0.25, 0.3) is 5.00 Å². The Kier molecular flexibility index (Phi) is 4.59. The normalized spacial score (nSPS) is 17.7. The van der Waals surface area contributed by atoms with Gasteiger partial charge in [0.1, 0.15) is 10.8 Å². The molecule has 0 saturated heterocycles. The number of benzene rings is 1. The van der Waals surface area contributed by atoms with Crippen LogP contribution in [0.4, 0.5) is 10.5 Å². The van der Waals surface area contributed by atoms with E-state index >= 15 is 0 Å². The van der Waals surface area contributed by atoms with E-state index in [1.165, 1.54) is 33.8 Å². The standard InChI is InChI=1S/C23H25N3O2S/c1-15-20-7-5-13-25(20)22-19(18-6-3-4-8-21(18)29-22)14-26(15)23(27)24-16-9-11-17(28-2)12-10-16/h5,7,9-13,15H,3-4,6,8,14H2,1-2H3,(H,24,27). The van der Waals surface area contributed by atoms with E-state index in [0.29, 0.717) is 6.54 Å². The zero-order chi connectivity index (χ0) is 20.0.